The summed E-state index contributed by atoms with van der Waals surface area (Å²) < 4.78 is 0. The zero-order chi connectivity index (χ0) is 13.3. The summed E-state index contributed by atoms with van der Waals surface area (Å²) in [4.78, 5) is 2.10. The smallest absolute Gasteiger partial charge is 0.151 e. The van der Waals surface area contributed by atoms with E-state index >= 15 is 0 Å². The Kier molecular flexibility index (Phi) is 8.72. The van der Waals surface area contributed by atoms with Crippen molar-refractivity contribution in [2.45, 2.75) is 51.4 Å². The van der Waals surface area contributed by atoms with Crippen LogP contribution in [0.15, 0.2) is 0 Å². The van der Waals surface area contributed by atoms with Gasteiger partial charge < -0.3 is 25.3 Å². The van der Waals surface area contributed by atoms with Gasteiger partial charge in [-0.05, 0) is 32.4 Å². The van der Waals surface area contributed by atoms with Crippen molar-refractivity contribution >= 4 is 0 Å². The first-order valence-electron chi connectivity index (χ1n) is 6.39. The van der Waals surface area contributed by atoms with E-state index in [1.54, 1.807) is 0 Å². The van der Waals surface area contributed by atoms with Crippen molar-refractivity contribution < 1.29 is 20.4 Å². The fourth-order valence-corrected chi connectivity index (χ4v) is 1.92. The quantitative estimate of drug-likeness (QED) is 0.407. The molecule has 0 saturated carbocycles. The Morgan fingerprint density at radius 2 is 1.65 bits per heavy atom. The maximum absolute atomic E-state index is 10.2. The van der Waals surface area contributed by atoms with E-state index in [1.165, 1.54) is 0 Å². The van der Waals surface area contributed by atoms with Gasteiger partial charge in [-0.2, -0.15) is 0 Å². The highest BCUT2D eigenvalue weighted by Crippen LogP contribution is 2.16. The Bertz CT molecular complexity index is 183. The second kappa shape index (κ2) is 8.83. The van der Waals surface area contributed by atoms with Gasteiger partial charge in [-0.3, -0.25) is 0 Å². The second-order valence-electron chi connectivity index (χ2n) is 4.68. The minimum absolute atomic E-state index is 0.0726. The molecule has 0 amide bonds. The van der Waals surface area contributed by atoms with Crippen LogP contribution in [0.1, 0.15) is 39.5 Å². The summed E-state index contributed by atoms with van der Waals surface area (Å²) in [6.45, 7) is 5.90. The Morgan fingerprint density at radius 1 is 1.12 bits per heavy atom. The third-order valence-electron chi connectivity index (χ3n) is 2.76. The first kappa shape index (κ1) is 16.8. The molecule has 4 N–H and O–H groups in total. The summed E-state index contributed by atoms with van der Waals surface area (Å²) in [6.07, 6.45) is 0.807. The molecule has 0 aromatic carbocycles. The molecule has 0 spiro atoms. The summed E-state index contributed by atoms with van der Waals surface area (Å²) in [5, 5.41) is 37.0. The van der Waals surface area contributed by atoms with Crippen LogP contribution in [-0.4, -0.2) is 63.5 Å². The van der Waals surface area contributed by atoms with Crippen LogP contribution in [0.25, 0.3) is 0 Å². The van der Waals surface area contributed by atoms with Gasteiger partial charge in [-0.1, -0.05) is 13.8 Å². The maximum atomic E-state index is 10.2. The molecule has 0 heterocycles. The lowest BCUT2D eigenvalue weighted by atomic mass is 9.97. The van der Waals surface area contributed by atoms with Gasteiger partial charge >= 0.3 is 0 Å². The van der Waals surface area contributed by atoms with Gasteiger partial charge in [-0.15, -0.1) is 0 Å². The van der Waals surface area contributed by atoms with Crippen LogP contribution >= 0.6 is 0 Å². The molecular formula is C12H27NO4. The van der Waals surface area contributed by atoms with Crippen LogP contribution < -0.4 is 0 Å². The first-order chi connectivity index (χ1) is 7.97. The number of aliphatic hydroxyl groups is 4. The lowest BCUT2D eigenvalue weighted by Gasteiger charge is -2.33. The van der Waals surface area contributed by atoms with E-state index in [0.29, 0.717) is 6.54 Å². The molecule has 0 bridgehead atoms. The van der Waals surface area contributed by atoms with E-state index < -0.39 is 11.9 Å². The van der Waals surface area contributed by atoms with Crippen LogP contribution in [0.4, 0.5) is 0 Å². The average Bonchev–Trinajstić information content (AvgIpc) is 2.27. The molecule has 0 aliphatic heterocycles. The molecule has 0 saturated heterocycles. The van der Waals surface area contributed by atoms with E-state index in [-0.39, 0.29) is 19.4 Å². The highest BCUT2D eigenvalue weighted by molar-refractivity contribution is 4.82. The minimum atomic E-state index is -1.43. The van der Waals surface area contributed by atoms with Crippen LogP contribution in [0.5, 0.6) is 0 Å². The lowest BCUT2D eigenvalue weighted by molar-refractivity contribution is -0.0875. The number of hydrogen-bond acceptors (Lipinski definition) is 5. The van der Waals surface area contributed by atoms with Crippen LogP contribution in [-0.2, 0) is 0 Å². The predicted molar refractivity (Wildman–Crippen MR) is 66.5 cm³/mol. The molecule has 5 nitrogen and oxygen atoms in total. The van der Waals surface area contributed by atoms with Crippen molar-refractivity contribution in [1.29, 1.82) is 0 Å². The van der Waals surface area contributed by atoms with E-state index in [0.717, 1.165) is 25.9 Å². The monoisotopic (exact) mass is 249 g/mol. The summed E-state index contributed by atoms with van der Waals surface area (Å²) in [5.74, 6) is 0. The fourth-order valence-electron chi connectivity index (χ4n) is 1.92. The van der Waals surface area contributed by atoms with Crippen molar-refractivity contribution in [1.82, 2.24) is 4.90 Å². The molecule has 0 rings (SSSR count). The van der Waals surface area contributed by atoms with E-state index in [4.69, 9.17) is 10.2 Å². The van der Waals surface area contributed by atoms with Gasteiger partial charge in [-0.25, -0.2) is 0 Å². The van der Waals surface area contributed by atoms with E-state index in [9.17, 15) is 10.2 Å². The van der Waals surface area contributed by atoms with Crippen LogP contribution in [0.2, 0.25) is 0 Å². The molecule has 0 aromatic heterocycles. The molecule has 1 unspecified atom stereocenters. The number of nitrogens with zero attached hydrogens (tertiary/aromatic N) is 1. The molecule has 0 aliphatic carbocycles. The molecule has 5 heteroatoms. The van der Waals surface area contributed by atoms with Crippen LogP contribution in [0.3, 0.4) is 0 Å². The highest BCUT2D eigenvalue weighted by atomic mass is 16.5. The van der Waals surface area contributed by atoms with Crippen molar-refractivity contribution in [2.75, 3.05) is 26.2 Å². The Balaban J connectivity index is 4.29. The number of aliphatic hydroxyl groups excluding tert-OH is 2. The molecular weight excluding hydrogens is 222 g/mol. The lowest BCUT2D eigenvalue weighted by Crippen LogP contribution is -2.47. The zero-order valence-corrected chi connectivity index (χ0v) is 11.0. The number of rotatable bonds is 10. The van der Waals surface area contributed by atoms with Crippen molar-refractivity contribution in [3.63, 3.8) is 0 Å². The Hall–Kier alpha value is -0.200. The maximum Gasteiger partial charge on any atom is 0.151 e. The normalized spacial score (nSPS) is 15.5. The number of hydrogen-bond donors (Lipinski definition) is 4. The van der Waals surface area contributed by atoms with Crippen molar-refractivity contribution in [3.05, 3.63) is 0 Å². The largest absolute Gasteiger partial charge is 0.393 e. The second-order valence-corrected chi connectivity index (χ2v) is 4.68. The summed E-state index contributed by atoms with van der Waals surface area (Å²) >= 11 is 0. The fraction of sp³-hybridized carbons (Fsp3) is 1.00. The molecule has 0 fully saturated rings. The third-order valence-corrected chi connectivity index (χ3v) is 2.76. The molecule has 1 atom stereocenters. The van der Waals surface area contributed by atoms with Gasteiger partial charge in [0.25, 0.3) is 0 Å². The first-order valence-corrected chi connectivity index (χ1v) is 6.39. The van der Waals surface area contributed by atoms with Gasteiger partial charge in [0.05, 0.1) is 6.61 Å². The molecule has 0 aliphatic rings. The Morgan fingerprint density at radius 3 is 2.00 bits per heavy atom. The summed E-state index contributed by atoms with van der Waals surface area (Å²) in [5.41, 5.74) is -1.24. The summed E-state index contributed by atoms with van der Waals surface area (Å²) in [7, 11) is 0. The van der Waals surface area contributed by atoms with Crippen LogP contribution in [0, 0.1) is 0 Å². The third kappa shape index (κ3) is 7.68. The Labute approximate surface area is 104 Å². The highest BCUT2D eigenvalue weighted by Gasteiger charge is 2.28. The molecule has 0 radical (unpaired) electrons. The molecule has 0 aromatic rings. The van der Waals surface area contributed by atoms with Crippen molar-refractivity contribution in [2.24, 2.45) is 0 Å². The van der Waals surface area contributed by atoms with Crippen molar-refractivity contribution in [3.8, 4) is 0 Å². The molecule has 104 valence electrons. The van der Waals surface area contributed by atoms with E-state index in [1.807, 2.05) is 0 Å². The van der Waals surface area contributed by atoms with Gasteiger partial charge in [0.1, 0.15) is 5.60 Å². The molecule has 17 heavy (non-hydrogen) atoms. The average molecular weight is 249 g/mol. The van der Waals surface area contributed by atoms with Gasteiger partial charge in [0, 0.05) is 13.0 Å². The topological polar surface area (TPSA) is 84.2 Å². The standard InChI is InChI=1S/C12H27NO4/c1-3-7-13(8-4-2)9-12(17,10-14)6-5-11(15)16/h11,14-17H,3-10H2,1-2H3. The summed E-state index contributed by atoms with van der Waals surface area (Å²) in [6, 6.07) is 0. The zero-order valence-electron chi connectivity index (χ0n) is 11.0. The van der Waals surface area contributed by atoms with Gasteiger partial charge in [0.2, 0.25) is 0 Å². The SMILES string of the molecule is CCCN(CCC)CC(O)(CO)CCC(O)O. The van der Waals surface area contributed by atoms with E-state index in [2.05, 4.69) is 18.7 Å². The minimum Gasteiger partial charge on any atom is -0.393 e. The van der Waals surface area contributed by atoms with Gasteiger partial charge in [0.15, 0.2) is 6.29 Å². The predicted octanol–water partition coefficient (Wildman–Crippen LogP) is -0.0773.